The maximum atomic E-state index is 10.9. The molecule has 86 valence electrons. The average molecular weight is 213 g/mol. The fourth-order valence-electron chi connectivity index (χ4n) is 2.11. The number of hydrogen-bond acceptors (Lipinski definition) is 3. The first-order valence-corrected chi connectivity index (χ1v) is 5.82. The highest BCUT2D eigenvalue weighted by Gasteiger charge is 2.37. The number of carbonyl (C=O) groups is 1. The Hall–Kier alpha value is -0.610. The smallest absolute Gasteiger partial charge is 0.333 e. The molecule has 15 heavy (non-hydrogen) atoms. The van der Waals surface area contributed by atoms with Gasteiger partial charge in [-0.3, -0.25) is 0 Å². The van der Waals surface area contributed by atoms with Crippen LogP contribution >= 0.6 is 0 Å². The summed E-state index contributed by atoms with van der Waals surface area (Å²) in [5, 5.41) is 12.3. The van der Waals surface area contributed by atoms with Crippen molar-refractivity contribution in [3.63, 3.8) is 0 Å². The van der Waals surface area contributed by atoms with E-state index in [1.807, 2.05) is 0 Å². The van der Waals surface area contributed by atoms with E-state index in [1.165, 1.54) is 6.42 Å². The molecule has 4 nitrogen and oxygen atoms in total. The number of aliphatic carboxylic acids is 1. The molecule has 0 radical (unpaired) electrons. The van der Waals surface area contributed by atoms with Crippen LogP contribution in [0.4, 0.5) is 0 Å². The van der Waals surface area contributed by atoms with E-state index >= 15 is 0 Å². The Morgan fingerprint density at radius 3 is 2.80 bits per heavy atom. The number of carboxylic acid groups (broad SMARTS) is 1. The molecule has 2 N–H and O–H groups in total. The van der Waals surface area contributed by atoms with Crippen LogP contribution in [-0.2, 0) is 9.53 Å². The van der Waals surface area contributed by atoms with Gasteiger partial charge in [-0.2, -0.15) is 0 Å². The molecule has 0 aromatic rings. The molecule has 4 heteroatoms. The molecule has 0 aromatic carbocycles. The lowest BCUT2D eigenvalue weighted by molar-refractivity contribution is -0.153. The van der Waals surface area contributed by atoms with E-state index in [0.717, 1.165) is 32.4 Å². The summed E-state index contributed by atoms with van der Waals surface area (Å²) in [6.45, 7) is 2.65. The van der Waals surface area contributed by atoms with Gasteiger partial charge in [0.05, 0.1) is 6.61 Å². The molecular formula is C11H19NO3. The third kappa shape index (κ3) is 3.18. The fourth-order valence-corrected chi connectivity index (χ4v) is 2.11. The number of piperidine rings is 1. The zero-order chi connectivity index (χ0) is 10.7. The van der Waals surface area contributed by atoms with Crippen LogP contribution in [-0.4, -0.2) is 36.9 Å². The molecule has 1 aliphatic heterocycles. The summed E-state index contributed by atoms with van der Waals surface area (Å²) in [5.41, 5.74) is 0. The zero-order valence-electron chi connectivity index (χ0n) is 8.95. The Labute approximate surface area is 90.0 Å². The van der Waals surface area contributed by atoms with E-state index in [2.05, 4.69) is 5.32 Å². The third-order valence-corrected chi connectivity index (χ3v) is 3.20. The van der Waals surface area contributed by atoms with Gasteiger partial charge in [0.15, 0.2) is 6.10 Å². The second-order valence-electron chi connectivity index (χ2n) is 4.64. The minimum Gasteiger partial charge on any atom is -0.479 e. The highest BCUT2D eigenvalue weighted by atomic mass is 16.5. The normalized spacial score (nSPS) is 28.7. The topological polar surface area (TPSA) is 58.6 Å². The van der Waals surface area contributed by atoms with Crippen LogP contribution in [0.1, 0.15) is 25.7 Å². The Kier molecular flexibility index (Phi) is 3.59. The van der Waals surface area contributed by atoms with Gasteiger partial charge in [-0.25, -0.2) is 4.79 Å². The van der Waals surface area contributed by atoms with Crippen molar-refractivity contribution in [2.24, 2.45) is 11.8 Å². The molecule has 1 saturated heterocycles. The van der Waals surface area contributed by atoms with Gasteiger partial charge in [0.2, 0.25) is 0 Å². The summed E-state index contributed by atoms with van der Waals surface area (Å²) in [7, 11) is 0. The summed E-state index contributed by atoms with van der Waals surface area (Å²) < 4.78 is 5.53. The maximum absolute atomic E-state index is 10.9. The van der Waals surface area contributed by atoms with Crippen molar-refractivity contribution in [1.29, 1.82) is 0 Å². The van der Waals surface area contributed by atoms with Crippen LogP contribution in [0.15, 0.2) is 0 Å². The largest absolute Gasteiger partial charge is 0.479 e. The van der Waals surface area contributed by atoms with Crippen molar-refractivity contribution in [1.82, 2.24) is 5.32 Å². The van der Waals surface area contributed by atoms with Crippen molar-refractivity contribution in [3.05, 3.63) is 0 Å². The second kappa shape index (κ2) is 4.94. The zero-order valence-corrected chi connectivity index (χ0v) is 8.95. The Bertz CT molecular complexity index is 222. The standard InChI is InChI=1S/C11H19NO3/c13-11(14)10(9-3-4-9)15-7-8-2-1-5-12-6-8/h8-10,12H,1-7H2,(H,13,14). The quantitative estimate of drug-likeness (QED) is 0.711. The van der Waals surface area contributed by atoms with E-state index < -0.39 is 12.1 Å². The van der Waals surface area contributed by atoms with Crippen LogP contribution < -0.4 is 5.32 Å². The molecule has 0 amide bonds. The van der Waals surface area contributed by atoms with E-state index in [1.54, 1.807) is 0 Å². The summed E-state index contributed by atoms with van der Waals surface area (Å²) in [4.78, 5) is 10.9. The highest BCUT2D eigenvalue weighted by molar-refractivity contribution is 5.73. The molecule has 0 aromatic heterocycles. The molecule has 2 aliphatic rings. The molecule has 2 unspecified atom stereocenters. The van der Waals surface area contributed by atoms with Crippen LogP contribution in [0.3, 0.4) is 0 Å². The lowest BCUT2D eigenvalue weighted by Gasteiger charge is -2.24. The maximum Gasteiger partial charge on any atom is 0.333 e. The molecule has 1 heterocycles. The molecule has 0 spiro atoms. The van der Waals surface area contributed by atoms with Gasteiger partial charge in [-0.05, 0) is 44.1 Å². The third-order valence-electron chi connectivity index (χ3n) is 3.20. The highest BCUT2D eigenvalue weighted by Crippen LogP contribution is 2.34. The van der Waals surface area contributed by atoms with Crippen molar-refractivity contribution in [2.75, 3.05) is 19.7 Å². The van der Waals surface area contributed by atoms with Crippen molar-refractivity contribution >= 4 is 5.97 Å². The van der Waals surface area contributed by atoms with Crippen LogP contribution in [0.5, 0.6) is 0 Å². The van der Waals surface area contributed by atoms with Gasteiger partial charge >= 0.3 is 5.97 Å². The summed E-state index contributed by atoms with van der Waals surface area (Å²) >= 11 is 0. The molecule has 2 rings (SSSR count). The first kappa shape index (κ1) is 10.9. The molecule has 1 saturated carbocycles. The minimum absolute atomic E-state index is 0.277. The van der Waals surface area contributed by atoms with E-state index in [9.17, 15) is 4.79 Å². The summed E-state index contributed by atoms with van der Waals surface area (Å²) in [6.07, 6.45) is 3.81. The number of ether oxygens (including phenoxy) is 1. The average Bonchev–Trinajstić information content (AvgIpc) is 3.03. The second-order valence-corrected chi connectivity index (χ2v) is 4.64. The Morgan fingerprint density at radius 1 is 1.47 bits per heavy atom. The lowest BCUT2D eigenvalue weighted by atomic mass is 10.0. The molecule has 0 bridgehead atoms. The van der Waals surface area contributed by atoms with Crippen LogP contribution in [0.25, 0.3) is 0 Å². The van der Waals surface area contributed by atoms with Crippen LogP contribution in [0, 0.1) is 11.8 Å². The predicted octanol–water partition coefficient (Wildman–Crippen LogP) is 0.866. The monoisotopic (exact) mass is 213 g/mol. The van der Waals surface area contributed by atoms with Gasteiger partial charge in [0.1, 0.15) is 0 Å². The SMILES string of the molecule is O=C(O)C(OCC1CCCNC1)C1CC1. The Balaban J connectivity index is 1.72. The van der Waals surface area contributed by atoms with Gasteiger partial charge in [-0.1, -0.05) is 0 Å². The fraction of sp³-hybridized carbons (Fsp3) is 0.909. The number of carboxylic acids is 1. The molecule has 2 fully saturated rings. The van der Waals surface area contributed by atoms with E-state index in [4.69, 9.17) is 9.84 Å². The summed E-state index contributed by atoms with van der Waals surface area (Å²) in [5.74, 6) is -0.0142. The number of rotatable bonds is 5. The molecule has 2 atom stereocenters. The lowest BCUT2D eigenvalue weighted by Crippen LogP contribution is -2.35. The summed E-state index contributed by atoms with van der Waals surface area (Å²) in [6, 6.07) is 0. The van der Waals surface area contributed by atoms with Crippen molar-refractivity contribution in [3.8, 4) is 0 Å². The minimum atomic E-state index is -0.790. The van der Waals surface area contributed by atoms with Crippen molar-refractivity contribution in [2.45, 2.75) is 31.8 Å². The van der Waals surface area contributed by atoms with E-state index in [-0.39, 0.29) is 5.92 Å². The molecular weight excluding hydrogens is 194 g/mol. The van der Waals surface area contributed by atoms with Gasteiger partial charge < -0.3 is 15.2 Å². The molecule has 1 aliphatic carbocycles. The van der Waals surface area contributed by atoms with E-state index in [0.29, 0.717) is 12.5 Å². The number of nitrogens with one attached hydrogen (secondary N) is 1. The predicted molar refractivity (Wildman–Crippen MR) is 55.7 cm³/mol. The van der Waals surface area contributed by atoms with Gasteiger partial charge in [0, 0.05) is 6.54 Å². The van der Waals surface area contributed by atoms with Gasteiger partial charge in [-0.15, -0.1) is 0 Å². The Morgan fingerprint density at radius 2 is 2.27 bits per heavy atom. The van der Waals surface area contributed by atoms with Crippen molar-refractivity contribution < 1.29 is 14.6 Å². The van der Waals surface area contributed by atoms with Crippen LogP contribution in [0.2, 0.25) is 0 Å². The first-order valence-electron chi connectivity index (χ1n) is 5.82. The first-order chi connectivity index (χ1) is 7.27. The van der Waals surface area contributed by atoms with Gasteiger partial charge in [0.25, 0.3) is 0 Å². The number of hydrogen-bond donors (Lipinski definition) is 2.